The summed E-state index contributed by atoms with van der Waals surface area (Å²) in [5.41, 5.74) is 9.65. The normalized spacial score (nSPS) is 12.0. The lowest BCUT2D eigenvalue weighted by atomic mass is 10.1. The van der Waals surface area contributed by atoms with Gasteiger partial charge in [0.05, 0.1) is 16.8 Å². The lowest BCUT2D eigenvalue weighted by molar-refractivity contribution is -0.103. The Kier molecular flexibility index (Phi) is 4.10. The first kappa shape index (κ1) is 16.2. The SMILES string of the molecule is Cc1cc2ncccc2cc1Sc1nnc2ccc(/C(C=[NH2+])=C/N)nn12. The topological polar surface area (TPSA) is 108 Å². The minimum Gasteiger partial charge on any atom is -0.404 e. The van der Waals surface area contributed by atoms with Crippen molar-refractivity contribution in [2.24, 2.45) is 5.73 Å². The number of pyridine rings is 1. The molecule has 0 unspecified atom stereocenters. The average molecular weight is 362 g/mol. The van der Waals surface area contributed by atoms with Crippen molar-refractivity contribution in [1.82, 2.24) is 24.8 Å². The highest BCUT2D eigenvalue weighted by molar-refractivity contribution is 7.99. The fraction of sp³-hybridized carbons (Fsp3) is 0.0556. The number of rotatable bonds is 4. The first-order valence-corrected chi connectivity index (χ1v) is 8.74. The van der Waals surface area contributed by atoms with E-state index in [1.165, 1.54) is 24.2 Å². The van der Waals surface area contributed by atoms with Crippen LogP contribution in [0.2, 0.25) is 0 Å². The third kappa shape index (κ3) is 2.80. The van der Waals surface area contributed by atoms with Crippen molar-refractivity contribution in [1.29, 1.82) is 0 Å². The van der Waals surface area contributed by atoms with E-state index < -0.39 is 0 Å². The smallest absolute Gasteiger partial charge is 0.217 e. The molecular formula is C18H16N7S+. The highest BCUT2D eigenvalue weighted by Crippen LogP contribution is 2.31. The Hall–Kier alpha value is -3.26. The fourth-order valence-electron chi connectivity index (χ4n) is 2.63. The molecule has 3 heterocycles. The van der Waals surface area contributed by atoms with Gasteiger partial charge in [-0.2, -0.15) is 9.61 Å². The summed E-state index contributed by atoms with van der Waals surface area (Å²) in [6.07, 6.45) is 4.64. The predicted octanol–water partition coefficient (Wildman–Crippen LogP) is 1.26. The largest absolute Gasteiger partial charge is 0.404 e. The number of fused-ring (bicyclic) bond motifs is 2. The Morgan fingerprint density at radius 3 is 2.92 bits per heavy atom. The Labute approximate surface area is 153 Å². The van der Waals surface area contributed by atoms with Gasteiger partial charge in [0.2, 0.25) is 5.16 Å². The molecule has 0 atom stereocenters. The van der Waals surface area contributed by atoms with Gasteiger partial charge < -0.3 is 5.73 Å². The van der Waals surface area contributed by atoms with Crippen molar-refractivity contribution < 1.29 is 5.41 Å². The van der Waals surface area contributed by atoms with Crippen LogP contribution in [0.1, 0.15) is 11.3 Å². The van der Waals surface area contributed by atoms with Gasteiger partial charge in [0.15, 0.2) is 11.9 Å². The van der Waals surface area contributed by atoms with Gasteiger partial charge in [0.25, 0.3) is 0 Å². The molecule has 0 spiro atoms. The number of allylic oxidation sites excluding steroid dienone is 1. The van der Waals surface area contributed by atoms with Gasteiger partial charge in [0.1, 0.15) is 0 Å². The molecule has 0 saturated carbocycles. The van der Waals surface area contributed by atoms with E-state index >= 15 is 0 Å². The van der Waals surface area contributed by atoms with Gasteiger partial charge >= 0.3 is 0 Å². The summed E-state index contributed by atoms with van der Waals surface area (Å²) in [6, 6.07) is 11.8. The maximum Gasteiger partial charge on any atom is 0.217 e. The van der Waals surface area contributed by atoms with Crippen LogP contribution in [-0.4, -0.2) is 31.0 Å². The first-order chi connectivity index (χ1) is 12.7. The summed E-state index contributed by atoms with van der Waals surface area (Å²) in [5.74, 6) is 0. The summed E-state index contributed by atoms with van der Waals surface area (Å²) in [4.78, 5) is 5.47. The monoisotopic (exact) mass is 362 g/mol. The number of hydrogen-bond acceptors (Lipinski definition) is 6. The van der Waals surface area contributed by atoms with Gasteiger partial charge in [-0.1, -0.05) is 6.07 Å². The van der Waals surface area contributed by atoms with E-state index in [9.17, 15) is 0 Å². The molecule has 0 radical (unpaired) electrons. The van der Waals surface area contributed by atoms with Crippen molar-refractivity contribution in [2.45, 2.75) is 17.0 Å². The summed E-state index contributed by atoms with van der Waals surface area (Å²) in [6.45, 7) is 2.05. The zero-order valence-corrected chi connectivity index (χ0v) is 14.8. The summed E-state index contributed by atoms with van der Waals surface area (Å²) < 4.78 is 1.69. The number of hydrogen-bond donors (Lipinski definition) is 2. The minimum atomic E-state index is 0.643. The molecule has 0 saturated heterocycles. The summed E-state index contributed by atoms with van der Waals surface area (Å²) >= 11 is 1.51. The molecule has 26 heavy (non-hydrogen) atoms. The highest BCUT2D eigenvalue weighted by Gasteiger charge is 2.13. The molecule has 4 N–H and O–H groups in total. The van der Waals surface area contributed by atoms with Crippen LogP contribution in [0.5, 0.6) is 0 Å². The van der Waals surface area contributed by atoms with E-state index in [4.69, 9.17) is 11.1 Å². The van der Waals surface area contributed by atoms with E-state index in [0.717, 1.165) is 21.4 Å². The summed E-state index contributed by atoms with van der Waals surface area (Å²) in [7, 11) is 0. The molecule has 128 valence electrons. The second kappa shape index (κ2) is 6.57. The fourth-order valence-corrected chi connectivity index (χ4v) is 3.53. The Bertz CT molecular complexity index is 1160. The van der Waals surface area contributed by atoms with Crippen LogP contribution >= 0.6 is 11.8 Å². The molecule has 1 aromatic carbocycles. The molecule has 0 bridgehead atoms. The van der Waals surface area contributed by atoms with E-state index in [1.807, 2.05) is 24.3 Å². The number of aromatic nitrogens is 5. The van der Waals surface area contributed by atoms with E-state index in [1.54, 1.807) is 10.7 Å². The molecule has 4 rings (SSSR count). The molecule has 7 nitrogen and oxygen atoms in total. The van der Waals surface area contributed by atoms with E-state index in [-0.39, 0.29) is 0 Å². The maximum absolute atomic E-state index is 5.60. The van der Waals surface area contributed by atoms with Crippen LogP contribution in [0.4, 0.5) is 0 Å². The maximum atomic E-state index is 5.60. The second-order valence-electron chi connectivity index (χ2n) is 5.68. The Balaban J connectivity index is 1.79. The van der Waals surface area contributed by atoms with Crippen molar-refractivity contribution in [3.8, 4) is 0 Å². The van der Waals surface area contributed by atoms with E-state index in [0.29, 0.717) is 22.1 Å². The van der Waals surface area contributed by atoms with Crippen LogP contribution in [-0.2, 0) is 0 Å². The zero-order chi connectivity index (χ0) is 18.1. The molecule has 8 heteroatoms. The third-order valence-electron chi connectivity index (χ3n) is 3.99. The quantitative estimate of drug-likeness (QED) is 0.529. The number of nitrogens with zero attached hydrogens (tertiary/aromatic N) is 5. The molecule has 0 fully saturated rings. The number of nitrogens with two attached hydrogens (primary N) is 2. The average Bonchev–Trinajstić information content (AvgIpc) is 3.06. The lowest BCUT2D eigenvalue weighted by Gasteiger charge is -2.06. The molecule has 3 aromatic heterocycles. The molecular weight excluding hydrogens is 346 g/mol. The second-order valence-corrected chi connectivity index (χ2v) is 6.68. The van der Waals surface area contributed by atoms with E-state index in [2.05, 4.69) is 39.3 Å². The highest BCUT2D eigenvalue weighted by atomic mass is 32.2. The van der Waals surface area contributed by atoms with Gasteiger partial charge in [-0.15, -0.1) is 10.2 Å². The number of benzene rings is 1. The van der Waals surface area contributed by atoms with Crippen LogP contribution < -0.4 is 11.1 Å². The zero-order valence-electron chi connectivity index (χ0n) is 14.0. The van der Waals surface area contributed by atoms with Crippen molar-refractivity contribution in [3.05, 3.63) is 60.1 Å². The van der Waals surface area contributed by atoms with Gasteiger partial charge in [-0.3, -0.25) is 10.4 Å². The van der Waals surface area contributed by atoms with Gasteiger partial charge in [-0.05, 0) is 54.6 Å². The molecule has 0 amide bonds. The first-order valence-electron chi connectivity index (χ1n) is 7.92. The molecule has 0 aliphatic carbocycles. The van der Waals surface area contributed by atoms with Gasteiger partial charge in [0, 0.05) is 22.7 Å². The molecule has 0 aliphatic rings. The van der Waals surface area contributed by atoms with Crippen LogP contribution in [0.25, 0.3) is 22.1 Å². The number of aryl methyl sites for hydroxylation is 1. The molecule has 4 aromatic rings. The standard InChI is InChI=1S/C18H15N7S/c1-11-7-15-12(3-2-6-21-15)8-16(11)26-18-23-22-17-5-4-14(24-25(17)18)13(9-19)10-20/h2-10,19H,20H2,1H3/p+1/b13-10+,19-9?. The van der Waals surface area contributed by atoms with Crippen molar-refractivity contribution in [2.75, 3.05) is 0 Å². The minimum absolute atomic E-state index is 0.643. The third-order valence-corrected chi connectivity index (χ3v) is 5.09. The Morgan fingerprint density at radius 1 is 1.23 bits per heavy atom. The predicted molar refractivity (Wildman–Crippen MR) is 102 cm³/mol. The summed E-state index contributed by atoms with van der Waals surface area (Å²) in [5, 5.41) is 20.4. The molecule has 0 aliphatic heterocycles. The van der Waals surface area contributed by atoms with Crippen molar-refractivity contribution in [3.63, 3.8) is 0 Å². The van der Waals surface area contributed by atoms with Crippen LogP contribution in [0, 0.1) is 6.92 Å². The van der Waals surface area contributed by atoms with Gasteiger partial charge in [-0.25, -0.2) is 0 Å². The van der Waals surface area contributed by atoms with Crippen LogP contribution in [0.15, 0.2) is 58.8 Å². The van der Waals surface area contributed by atoms with Crippen molar-refractivity contribution >= 4 is 40.1 Å². The Morgan fingerprint density at radius 2 is 2.12 bits per heavy atom. The lowest BCUT2D eigenvalue weighted by Crippen LogP contribution is -2.30. The van der Waals surface area contributed by atoms with Crippen LogP contribution in [0.3, 0.4) is 0 Å².